The lowest BCUT2D eigenvalue weighted by Gasteiger charge is -2.16. The Bertz CT molecular complexity index is 496. The highest BCUT2D eigenvalue weighted by atomic mass is 79.9. The predicted molar refractivity (Wildman–Crippen MR) is 80.9 cm³/mol. The molecule has 2 rings (SSSR count). The van der Waals surface area contributed by atoms with Crippen LogP contribution in [0.15, 0.2) is 16.6 Å². The largest absolute Gasteiger partial charge is 0.381 e. The monoisotopic (exact) mass is 364 g/mol. The average molecular weight is 366 g/mol. The minimum absolute atomic E-state index is 0.108. The standard InChI is InChI=1S/C13H15BrClFN2O2/c14-8-4-10(16)13(18-12(19)6-15)11(5-8)17-7-9-2-1-3-20-9/h4-5,9,17H,1-3,6-7H2,(H,18,19). The highest BCUT2D eigenvalue weighted by Gasteiger charge is 2.17. The first-order valence-electron chi connectivity index (χ1n) is 6.30. The molecular weight excluding hydrogens is 351 g/mol. The van der Waals surface area contributed by atoms with Crippen LogP contribution in [0, 0.1) is 5.82 Å². The molecule has 1 unspecified atom stereocenters. The molecule has 4 nitrogen and oxygen atoms in total. The minimum atomic E-state index is -0.521. The molecule has 0 spiro atoms. The average Bonchev–Trinajstić information content (AvgIpc) is 2.92. The third kappa shape index (κ3) is 4.07. The lowest BCUT2D eigenvalue weighted by atomic mass is 10.2. The second-order valence-corrected chi connectivity index (χ2v) is 5.69. The molecule has 0 aliphatic carbocycles. The summed E-state index contributed by atoms with van der Waals surface area (Å²) in [5, 5.41) is 5.57. The molecule has 1 heterocycles. The molecule has 1 atom stereocenters. The fraction of sp³-hybridized carbons (Fsp3) is 0.462. The normalized spacial score (nSPS) is 18.1. The van der Waals surface area contributed by atoms with E-state index in [1.165, 1.54) is 6.07 Å². The van der Waals surface area contributed by atoms with Crippen LogP contribution in [0.2, 0.25) is 0 Å². The maximum Gasteiger partial charge on any atom is 0.239 e. The number of nitrogens with one attached hydrogen (secondary N) is 2. The van der Waals surface area contributed by atoms with Crippen molar-refractivity contribution in [2.24, 2.45) is 0 Å². The van der Waals surface area contributed by atoms with Gasteiger partial charge in [-0.1, -0.05) is 15.9 Å². The maximum atomic E-state index is 13.9. The smallest absolute Gasteiger partial charge is 0.239 e. The molecule has 0 aromatic heterocycles. The summed E-state index contributed by atoms with van der Waals surface area (Å²) in [6, 6.07) is 3.00. The van der Waals surface area contributed by atoms with Gasteiger partial charge in [0.25, 0.3) is 0 Å². The summed E-state index contributed by atoms with van der Waals surface area (Å²) in [6.45, 7) is 1.33. The highest BCUT2D eigenvalue weighted by Crippen LogP contribution is 2.30. The summed E-state index contributed by atoms with van der Waals surface area (Å²) >= 11 is 8.67. The molecule has 1 saturated heterocycles. The van der Waals surface area contributed by atoms with Gasteiger partial charge in [-0.05, 0) is 25.0 Å². The first-order valence-corrected chi connectivity index (χ1v) is 7.63. The number of alkyl halides is 1. The molecule has 7 heteroatoms. The van der Waals surface area contributed by atoms with Gasteiger partial charge in [-0.2, -0.15) is 0 Å². The number of carbonyl (C=O) groups excluding carboxylic acids is 1. The van der Waals surface area contributed by atoms with E-state index in [1.54, 1.807) is 6.07 Å². The van der Waals surface area contributed by atoms with Gasteiger partial charge < -0.3 is 15.4 Å². The van der Waals surface area contributed by atoms with Gasteiger partial charge in [0.15, 0.2) is 0 Å². The van der Waals surface area contributed by atoms with Crippen LogP contribution in [0.4, 0.5) is 15.8 Å². The summed E-state index contributed by atoms with van der Waals surface area (Å²) in [5.41, 5.74) is 0.614. The molecular formula is C13H15BrClFN2O2. The van der Waals surface area contributed by atoms with Crippen molar-refractivity contribution in [3.8, 4) is 0 Å². The summed E-state index contributed by atoms with van der Waals surface area (Å²) in [7, 11) is 0. The Labute approximate surface area is 130 Å². The van der Waals surface area contributed by atoms with Crippen molar-refractivity contribution in [2.45, 2.75) is 18.9 Å². The molecule has 1 amide bonds. The Morgan fingerprint density at radius 1 is 1.55 bits per heavy atom. The van der Waals surface area contributed by atoms with Crippen molar-refractivity contribution in [2.75, 3.05) is 29.7 Å². The molecule has 110 valence electrons. The molecule has 0 radical (unpaired) electrons. The van der Waals surface area contributed by atoms with E-state index in [1.807, 2.05) is 0 Å². The van der Waals surface area contributed by atoms with E-state index in [9.17, 15) is 9.18 Å². The summed E-state index contributed by atoms with van der Waals surface area (Å²) in [6.07, 6.45) is 2.13. The Kier molecular flexibility index (Phi) is 5.63. The lowest BCUT2D eigenvalue weighted by Crippen LogP contribution is -2.21. The molecule has 1 aliphatic rings. The van der Waals surface area contributed by atoms with Crippen molar-refractivity contribution >= 4 is 44.8 Å². The molecule has 1 aliphatic heterocycles. The minimum Gasteiger partial charge on any atom is -0.381 e. The second kappa shape index (κ2) is 7.24. The number of benzene rings is 1. The fourth-order valence-electron chi connectivity index (χ4n) is 2.04. The molecule has 0 bridgehead atoms. The Morgan fingerprint density at radius 3 is 3.00 bits per heavy atom. The molecule has 20 heavy (non-hydrogen) atoms. The number of halogens is 3. The van der Waals surface area contributed by atoms with Gasteiger partial charge in [0.1, 0.15) is 17.4 Å². The van der Waals surface area contributed by atoms with E-state index in [2.05, 4.69) is 26.6 Å². The first-order chi connectivity index (χ1) is 9.60. The van der Waals surface area contributed by atoms with Crippen molar-refractivity contribution in [3.05, 3.63) is 22.4 Å². The summed E-state index contributed by atoms with van der Waals surface area (Å²) < 4.78 is 20.0. The van der Waals surface area contributed by atoms with Gasteiger partial charge in [0.2, 0.25) is 5.91 Å². The van der Waals surface area contributed by atoms with Crippen LogP contribution in [0.1, 0.15) is 12.8 Å². The zero-order valence-corrected chi connectivity index (χ0v) is 13.1. The third-order valence-corrected chi connectivity index (χ3v) is 3.69. The topological polar surface area (TPSA) is 50.4 Å². The van der Waals surface area contributed by atoms with Crippen LogP contribution in [0.5, 0.6) is 0 Å². The zero-order valence-electron chi connectivity index (χ0n) is 10.7. The van der Waals surface area contributed by atoms with Crippen molar-refractivity contribution in [1.29, 1.82) is 0 Å². The Morgan fingerprint density at radius 2 is 2.35 bits per heavy atom. The number of ether oxygens (including phenoxy) is 1. The van der Waals surface area contributed by atoms with Crippen LogP contribution >= 0.6 is 27.5 Å². The highest BCUT2D eigenvalue weighted by molar-refractivity contribution is 9.10. The van der Waals surface area contributed by atoms with Crippen LogP contribution in [0.3, 0.4) is 0 Å². The number of hydrogen-bond acceptors (Lipinski definition) is 3. The number of rotatable bonds is 5. The number of carbonyl (C=O) groups is 1. The van der Waals surface area contributed by atoms with Crippen LogP contribution in [0.25, 0.3) is 0 Å². The molecule has 0 saturated carbocycles. The predicted octanol–water partition coefficient (Wildman–Crippen LogP) is 3.36. The zero-order chi connectivity index (χ0) is 14.5. The van der Waals surface area contributed by atoms with E-state index < -0.39 is 11.7 Å². The number of anilines is 2. The summed E-state index contributed by atoms with van der Waals surface area (Å²) in [4.78, 5) is 11.4. The fourth-order valence-corrected chi connectivity index (χ4v) is 2.54. The van der Waals surface area contributed by atoms with E-state index in [0.29, 0.717) is 16.7 Å². The molecule has 1 aromatic rings. The van der Waals surface area contributed by atoms with Crippen LogP contribution < -0.4 is 10.6 Å². The van der Waals surface area contributed by atoms with Crippen molar-refractivity contribution in [1.82, 2.24) is 0 Å². The number of hydrogen-bond donors (Lipinski definition) is 2. The third-order valence-electron chi connectivity index (χ3n) is 2.98. The van der Waals surface area contributed by atoms with Gasteiger partial charge >= 0.3 is 0 Å². The molecule has 1 fully saturated rings. The quantitative estimate of drug-likeness (QED) is 0.787. The van der Waals surface area contributed by atoms with Gasteiger partial charge in [-0.3, -0.25) is 4.79 Å². The molecule has 2 N–H and O–H groups in total. The first kappa shape index (κ1) is 15.5. The van der Waals surface area contributed by atoms with Crippen molar-refractivity contribution < 1.29 is 13.9 Å². The van der Waals surface area contributed by atoms with Gasteiger partial charge in [0.05, 0.1) is 11.8 Å². The van der Waals surface area contributed by atoms with Crippen LogP contribution in [-0.4, -0.2) is 31.0 Å². The Balaban J connectivity index is 2.13. The van der Waals surface area contributed by atoms with Gasteiger partial charge in [-0.15, -0.1) is 11.6 Å². The van der Waals surface area contributed by atoms with Crippen LogP contribution in [-0.2, 0) is 9.53 Å². The maximum absolute atomic E-state index is 13.9. The van der Waals surface area contributed by atoms with Gasteiger partial charge in [0, 0.05) is 17.6 Å². The molecule has 1 aromatic carbocycles. The van der Waals surface area contributed by atoms with E-state index in [0.717, 1.165) is 19.4 Å². The Hall–Kier alpha value is -0.850. The van der Waals surface area contributed by atoms with E-state index >= 15 is 0 Å². The lowest BCUT2D eigenvalue weighted by molar-refractivity contribution is -0.113. The van der Waals surface area contributed by atoms with Gasteiger partial charge in [-0.25, -0.2) is 4.39 Å². The van der Waals surface area contributed by atoms with E-state index in [4.69, 9.17) is 16.3 Å². The second-order valence-electron chi connectivity index (χ2n) is 4.51. The number of amides is 1. The van der Waals surface area contributed by atoms with E-state index in [-0.39, 0.29) is 17.7 Å². The SMILES string of the molecule is O=C(CCl)Nc1c(F)cc(Br)cc1NCC1CCCO1. The summed E-state index contributed by atoms with van der Waals surface area (Å²) in [5.74, 6) is -1.19. The van der Waals surface area contributed by atoms with Crippen molar-refractivity contribution in [3.63, 3.8) is 0 Å².